The second-order valence-corrected chi connectivity index (χ2v) is 5.06. The van der Waals surface area contributed by atoms with Crippen molar-refractivity contribution in [3.05, 3.63) is 24.1 Å². The molecular formula is C9H12FN3O3S. The van der Waals surface area contributed by atoms with Crippen LogP contribution in [-0.4, -0.2) is 44.7 Å². The van der Waals surface area contributed by atoms with Gasteiger partial charge in [-0.25, -0.2) is 22.8 Å². The van der Waals surface area contributed by atoms with Crippen LogP contribution in [0, 0.1) is 5.82 Å². The van der Waals surface area contributed by atoms with Gasteiger partial charge >= 0.3 is 0 Å². The highest BCUT2D eigenvalue weighted by Gasteiger charge is 2.24. The second kappa shape index (κ2) is 5.05. The number of nitrogens with one attached hydrogen (secondary N) is 1. The van der Waals surface area contributed by atoms with Gasteiger partial charge in [-0.2, -0.15) is 0 Å². The van der Waals surface area contributed by atoms with Gasteiger partial charge in [0, 0.05) is 19.3 Å². The summed E-state index contributed by atoms with van der Waals surface area (Å²) in [6.45, 7) is 1.72. The summed E-state index contributed by atoms with van der Waals surface area (Å²) >= 11 is 0. The molecule has 2 heterocycles. The summed E-state index contributed by atoms with van der Waals surface area (Å²) in [7, 11) is -3.96. The van der Waals surface area contributed by atoms with Crippen LogP contribution in [0.4, 0.5) is 4.39 Å². The van der Waals surface area contributed by atoms with Crippen molar-refractivity contribution in [2.45, 2.75) is 5.03 Å². The van der Waals surface area contributed by atoms with Crippen LogP contribution in [0.2, 0.25) is 0 Å². The molecule has 8 heteroatoms. The number of hydrogen-bond acceptors (Lipinski definition) is 5. The van der Waals surface area contributed by atoms with E-state index < -0.39 is 20.9 Å². The van der Waals surface area contributed by atoms with Crippen molar-refractivity contribution in [1.29, 1.82) is 0 Å². The molecule has 0 aliphatic carbocycles. The number of halogens is 1. The fourth-order valence-corrected chi connectivity index (χ4v) is 2.57. The Labute approximate surface area is 98.4 Å². The molecular weight excluding hydrogens is 249 g/mol. The van der Waals surface area contributed by atoms with E-state index in [9.17, 15) is 12.8 Å². The van der Waals surface area contributed by atoms with Crippen LogP contribution in [0.15, 0.2) is 23.4 Å². The van der Waals surface area contributed by atoms with Gasteiger partial charge in [-0.05, 0) is 12.1 Å². The van der Waals surface area contributed by atoms with E-state index in [1.54, 1.807) is 0 Å². The van der Waals surface area contributed by atoms with E-state index in [1.165, 1.54) is 17.3 Å². The van der Waals surface area contributed by atoms with Crippen LogP contribution in [0.25, 0.3) is 0 Å². The molecule has 1 aliphatic heterocycles. The number of sulfonamides is 1. The Bertz CT molecular complexity index is 488. The van der Waals surface area contributed by atoms with E-state index >= 15 is 0 Å². The predicted molar refractivity (Wildman–Crippen MR) is 56.9 cm³/mol. The number of nitrogens with zero attached hydrogens (tertiary/aromatic N) is 2. The number of rotatable bonds is 3. The first-order valence-corrected chi connectivity index (χ1v) is 6.53. The van der Waals surface area contributed by atoms with Crippen molar-refractivity contribution < 1.29 is 17.5 Å². The highest BCUT2D eigenvalue weighted by Crippen LogP contribution is 2.10. The van der Waals surface area contributed by atoms with Gasteiger partial charge in [0.15, 0.2) is 5.82 Å². The summed E-state index contributed by atoms with van der Waals surface area (Å²) in [5.74, 6) is -0.867. The lowest BCUT2D eigenvalue weighted by Crippen LogP contribution is -2.48. The lowest BCUT2D eigenvalue weighted by atomic mass is 10.5. The van der Waals surface area contributed by atoms with E-state index in [0.29, 0.717) is 26.3 Å². The number of hydrogen-bond donors (Lipinski definition) is 1. The Morgan fingerprint density at radius 1 is 1.41 bits per heavy atom. The lowest BCUT2D eigenvalue weighted by Gasteiger charge is -2.26. The van der Waals surface area contributed by atoms with Gasteiger partial charge in [0.25, 0.3) is 10.0 Å². The van der Waals surface area contributed by atoms with Crippen molar-refractivity contribution in [2.24, 2.45) is 0 Å². The number of morpholine rings is 1. The monoisotopic (exact) mass is 261 g/mol. The highest BCUT2D eigenvalue weighted by atomic mass is 32.2. The van der Waals surface area contributed by atoms with Gasteiger partial charge in [0.05, 0.1) is 13.2 Å². The predicted octanol–water partition coefficient (Wildman–Crippen LogP) is -0.254. The fourth-order valence-electron chi connectivity index (χ4n) is 1.44. The van der Waals surface area contributed by atoms with Gasteiger partial charge in [-0.15, -0.1) is 4.83 Å². The van der Waals surface area contributed by atoms with Crippen LogP contribution in [0.5, 0.6) is 0 Å². The molecule has 2 rings (SSSR count). The molecule has 0 unspecified atom stereocenters. The van der Waals surface area contributed by atoms with Crippen LogP contribution in [-0.2, 0) is 14.8 Å². The molecule has 1 aromatic heterocycles. The third kappa shape index (κ3) is 2.97. The minimum Gasteiger partial charge on any atom is -0.379 e. The maximum atomic E-state index is 13.3. The summed E-state index contributed by atoms with van der Waals surface area (Å²) in [5, 5.41) is 0.874. The molecule has 6 nitrogen and oxygen atoms in total. The van der Waals surface area contributed by atoms with Gasteiger partial charge in [0.2, 0.25) is 5.03 Å². The summed E-state index contributed by atoms with van der Waals surface area (Å²) in [6.07, 6.45) is 1.23. The molecule has 1 N–H and O–H groups in total. The Hall–Kier alpha value is -1.09. The quantitative estimate of drug-likeness (QED) is 0.812. The summed E-state index contributed by atoms with van der Waals surface area (Å²) in [4.78, 5) is 5.81. The SMILES string of the molecule is O=S(=O)(NN1CCOCC1)c1ncccc1F. The normalized spacial score (nSPS) is 18.2. The first kappa shape index (κ1) is 12.4. The van der Waals surface area contributed by atoms with E-state index in [4.69, 9.17) is 4.74 Å². The third-order valence-corrected chi connectivity index (χ3v) is 3.55. The smallest absolute Gasteiger partial charge is 0.273 e. The largest absolute Gasteiger partial charge is 0.379 e. The number of hydrazine groups is 1. The first-order chi connectivity index (χ1) is 8.09. The highest BCUT2D eigenvalue weighted by molar-refractivity contribution is 7.89. The molecule has 94 valence electrons. The molecule has 0 aromatic carbocycles. The van der Waals surface area contributed by atoms with Gasteiger partial charge in [-0.3, -0.25) is 0 Å². The maximum absolute atomic E-state index is 13.3. The fraction of sp³-hybridized carbons (Fsp3) is 0.444. The molecule has 0 bridgehead atoms. The summed E-state index contributed by atoms with van der Waals surface area (Å²) in [6, 6.07) is 2.39. The zero-order valence-corrected chi connectivity index (χ0v) is 9.78. The first-order valence-electron chi connectivity index (χ1n) is 5.05. The van der Waals surface area contributed by atoms with Crippen molar-refractivity contribution in [3.8, 4) is 0 Å². The Kier molecular flexibility index (Phi) is 3.67. The number of ether oxygens (including phenoxy) is 1. The van der Waals surface area contributed by atoms with E-state index in [0.717, 1.165) is 6.07 Å². The van der Waals surface area contributed by atoms with Crippen molar-refractivity contribution in [3.63, 3.8) is 0 Å². The molecule has 17 heavy (non-hydrogen) atoms. The minimum absolute atomic E-state index is 0.424. The Morgan fingerprint density at radius 3 is 2.76 bits per heavy atom. The molecule has 0 spiro atoms. The van der Waals surface area contributed by atoms with E-state index in [2.05, 4.69) is 9.82 Å². The van der Waals surface area contributed by atoms with Crippen LogP contribution < -0.4 is 4.83 Å². The lowest BCUT2D eigenvalue weighted by molar-refractivity contribution is 0.0271. The Balaban J connectivity index is 2.16. The molecule has 0 atom stereocenters. The minimum atomic E-state index is -3.96. The third-order valence-electron chi connectivity index (χ3n) is 2.24. The average Bonchev–Trinajstić information content (AvgIpc) is 2.30. The van der Waals surface area contributed by atoms with Crippen LogP contribution >= 0.6 is 0 Å². The van der Waals surface area contributed by atoms with Gasteiger partial charge in [-0.1, -0.05) is 0 Å². The topological polar surface area (TPSA) is 71.5 Å². The van der Waals surface area contributed by atoms with Crippen LogP contribution in [0.3, 0.4) is 0 Å². The van der Waals surface area contributed by atoms with E-state index in [1.807, 2.05) is 0 Å². The zero-order chi connectivity index (χ0) is 12.3. The molecule has 0 radical (unpaired) electrons. The molecule has 1 aliphatic rings. The van der Waals surface area contributed by atoms with Gasteiger partial charge in [0.1, 0.15) is 0 Å². The maximum Gasteiger partial charge on any atom is 0.273 e. The average molecular weight is 261 g/mol. The number of aromatic nitrogens is 1. The van der Waals surface area contributed by atoms with Crippen LogP contribution in [0.1, 0.15) is 0 Å². The second-order valence-electron chi connectivity index (χ2n) is 3.48. The number of pyridine rings is 1. The molecule has 1 aromatic rings. The van der Waals surface area contributed by atoms with Gasteiger partial charge < -0.3 is 4.74 Å². The Morgan fingerprint density at radius 2 is 2.12 bits per heavy atom. The standard InChI is InChI=1S/C9H12FN3O3S/c10-8-2-1-3-11-9(8)17(14,15)12-13-4-6-16-7-5-13/h1-3,12H,4-7H2. The molecule has 0 amide bonds. The van der Waals surface area contributed by atoms with Crippen molar-refractivity contribution in [1.82, 2.24) is 14.8 Å². The summed E-state index contributed by atoms with van der Waals surface area (Å²) < 4.78 is 42.0. The summed E-state index contributed by atoms with van der Waals surface area (Å²) in [5.41, 5.74) is 0. The molecule has 1 fully saturated rings. The van der Waals surface area contributed by atoms with Crippen molar-refractivity contribution >= 4 is 10.0 Å². The molecule has 0 saturated carbocycles. The zero-order valence-electron chi connectivity index (χ0n) is 8.97. The van der Waals surface area contributed by atoms with Crippen molar-refractivity contribution in [2.75, 3.05) is 26.3 Å². The van der Waals surface area contributed by atoms with E-state index in [-0.39, 0.29) is 0 Å². The molecule has 1 saturated heterocycles.